The average Bonchev–Trinajstić information content (AvgIpc) is 2.55. The van der Waals surface area contributed by atoms with Gasteiger partial charge >= 0.3 is 0 Å². The summed E-state index contributed by atoms with van der Waals surface area (Å²) in [5.74, 6) is 0.161. The number of aromatic nitrogens is 3. The SMILES string of the molecule is CCOCCCn1c(CC(N)=O)n[nH]c1=S. The van der Waals surface area contributed by atoms with E-state index in [1.807, 2.05) is 6.92 Å². The molecule has 1 heterocycles. The first-order valence-electron chi connectivity index (χ1n) is 5.15. The van der Waals surface area contributed by atoms with Crippen LogP contribution in [0.15, 0.2) is 0 Å². The van der Waals surface area contributed by atoms with Crippen LogP contribution in [0.2, 0.25) is 0 Å². The van der Waals surface area contributed by atoms with Crippen LogP contribution in [0, 0.1) is 4.77 Å². The Hall–Kier alpha value is -1.21. The summed E-state index contributed by atoms with van der Waals surface area (Å²) in [5, 5.41) is 6.61. The fraction of sp³-hybridized carbons (Fsp3) is 0.667. The molecule has 16 heavy (non-hydrogen) atoms. The number of aromatic amines is 1. The Balaban J connectivity index is 2.59. The van der Waals surface area contributed by atoms with Crippen molar-refractivity contribution in [2.75, 3.05) is 13.2 Å². The highest BCUT2D eigenvalue weighted by molar-refractivity contribution is 7.71. The number of hydrogen-bond acceptors (Lipinski definition) is 4. The van der Waals surface area contributed by atoms with Crippen LogP contribution in [0.1, 0.15) is 19.2 Å². The van der Waals surface area contributed by atoms with Gasteiger partial charge in [0.25, 0.3) is 0 Å². The average molecular weight is 244 g/mol. The zero-order valence-electron chi connectivity index (χ0n) is 9.23. The van der Waals surface area contributed by atoms with Crippen LogP contribution in [0.3, 0.4) is 0 Å². The van der Waals surface area contributed by atoms with E-state index in [0.29, 0.717) is 30.4 Å². The second kappa shape index (κ2) is 6.39. The second-order valence-electron chi connectivity index (χ2n) is 3.29. The van der Waals surface area contributed by atoms with Gasteiger partial charge in [-0.1, -0.05) is 0 Å². The summed E-state index contributed by atoms with van der Waals surface area (Å²) in [5.41, 5.74) is 5.11. The molecule has 0 bridgehead atoms. The molecule has 1 aromatic rings. The van der Waals surface area contributed by atoms with Crippen molar-refractivity contribution in [1.29, 1.82) is 0 Å². The van der Waals surface area contributed by atoms with E-state index in [0.717, 1.165) is 6.42 Å². The van der Waals surface area contributed by atoms with Gasteiger partial charge in [-0.2, -0.15) is 5.10 Å². The summed E-state index contributed by atoms with van der Waals surface area (Å²) in [4.78, 5) is 10.8. The molecule has 90 valence electrons. The fourth-order valence-electron chi connectivity index (χ4n) is 1.34. The molecule has 1 aromatic heterocycles. The first kappa shape index (κ1) is 12.9. The zero-order chi connectivity index (χ0) is 12.0. The van der Waals surface area contributed by atoms with Crippen molar-refractivity contribution < 1.29 is 9.53 Å². The summed E-state index contributed by atoms with van der Waals surface area (Å²) in [6, 6.07) is 0. The van der Waals surface area contributed by atoms with Crippen molar-refractivity contribution in [3.05, 3.63) is 10.6 Å². The minimum absolute atomic E-state index is 0.0990. The van der Waals surface area contributed by atoms with Crippen LogP contribution in [-0.4, -0.2) is 33.9 Å². The van der Waals surface area contributed by atoms with Crippen LogP contribution < -0.4 is 5.73 Å². The minimum Gasteiger partial charge on any atom is -0.382 e. The van der Waals surface area contributed by atoms with Crippen molar-refractivity contribution >= 4 is 18.1 Å². The van der Waals surface area contributed by atoms with Crippen molar-refractivity contribution in [3.63, 3.8) is 0 Å². The van der Waals surface area contributed by atoms with E-state index in [-0.39, 0.29) is 6.42 Å². The molecule has 0 radical (unpaired) electrons. The highest BCUT2D eigenvalue weighted by atomic mass is 32.1. The number of carbonyl (C=O) groups is 1. The van der Waals surface area contributed by atoms with E-state index < -0.39 is 5.91 Å². The van der Waals surface area contributed by atoms with Crippen LogP contribution in [0.5, 0.6) is 0 Å². The number of primary amides is 1. The van der Waals surface area contributed by atoms with Crippen LogP contribution in [0.4, 0.5) is 0 Å². The molecule has 3 N–H and O–H groups in total. The molecular formula is C9H16N4O2S. The first-order valence-corrected chi connectivity index (χ1v) is 5.56. The van der Waals surface area contributed by atoms with Gasteiger partial charge in [0.15, 0.2) is 4.77 Å². The van der Waals surface area contributed by atoms with E-state index in [2.05, 4.69) is 10.2 Å². The van der Waals surface area contributed by atoms with Crippen LogP contribution in [-0.2, 0) is 22.5 Å². The Morgan fingerprint density at radius 1 is 1.69 bits per heavy atom. The second-order valence-corrected chi connectivity index (χ2v) is 3.68. The monoisotopic (exact) mass is 244 g/mol. The van der Waals surface area contributed by atoms with Crippen LogP contribution >= 0.6 is 12.2 Å². The lowest BCUT2D eigenvalue weighted by Crippen LogP contribution is -2.18. The van der Waals surface area contributed by atoms with Crippen molar-refractivity contribution in [3.8, 4) is 0 Å². The lowest BCUT2D eigenvalue weighted by molar-refractivity contribution is -0.117. The van der Waals surface area contributed by atoms with Gasteiger partial charge < -0.3 is 15.0 Å². The number of carbonyl (C=O) groups excluding carboxylic acids is 1. The van der Waals surface area contributed by atoms with Crippen molar-refractivity contribution in [2.24, 2.45) is 5.73 Å². The van der Waals surface area contributed by atoms with Gasteiger partial charge in [0.2, 0.25) is 5.91 Å². The number of rotatable bonds is 7. The van der Waals surface area contributed by atoms with Gasteiger partial charge in [-0.3, -0.25) is 9.89 Å². The van der Waals surface area contributed by atoms with Gasteiger partial charge in [-0.05, 0) is 25.6 Å². The van der Waals surface area contributed by atoms with Crippen molar-refractivity contribution in [2.45, 2.75) is 26.3 Å². The summed E-state index contributed by atoms with van der Waals surface area (Å²) in [6.07, 6.45) is 0.926. The number of ether oxygens (including phenoxy) is 1. The highest BCUT2D eigenvalue weighted by Crippen LogP contribution is 2.01. The summed E-state index contributed by atoms with van der Waals surface area (Å²) in [7, 11) is 0. The third kappa shape index (κ3) is 3.74. The van der Waals surface area contributed by atoms with Crippen LogP contribution in [0.25, 0.3) is 0 Å². The molecule has 0 atom stereocenters. The molecule has 0 fully saturated rings. The van der Waals surface area contributed by atoms with Gasteiger partial charge in [0, 0.05) is 19.8 Å². The highest BCUT2D eigenvalue weighted by Gasteiger charge is 2.08. The number of H-pyrrole nitrogens is 1. The molecule has 0 unspecified atom stereocenters. The molecule has 7 heteroatoms. The molecule has 6 nitrogen and oxygen atoms in total. The van der Waals surface area contributed by atoms with Crippen molar-refractivity contribution in [1.82, 2.24) is 14.8 Å². The molecule has 0 saturated heterocycles. The smallest absolute Gasteiger partial charge is 0.225 e. The Kier molecular flexibility index (Phi) is 5.13. The Morgan fingerprint density at radius 2 is 2.44 bits per heavy atom. The maximum Gasteiger partial charge on any atom is 0.225 e. The van der Waals surface area contributed by atoms with E-state index in [4.69, 9.17) is 22.7 Å². The van der Waals surface area contributed by atoms with E-state index in [1.54, 1.807) is 4.57 Å². The molecular weight excluding hydrogens is 228 g/mol. The maximum absolute atomic E-state index is 10.8. The molecule has 0 aliphatic carbocycles. The van der Waals surface area contributed by atoms with Gasteiger partial charge in [0.05, 0.1) is 6.42 Å². The Morgan fingerprint density at radius 3 is 3.06 bits per heavy atom. The number of amides is 1. The molecule has 1 amide bonds. The Bertz CT molecular complexity index is 398. The molecule has 0 saturated carbocycles. The topological polar surface area (TPSA) is 85.9 Å². The van der Waals surface area contributed by atoms with Gasteiger partial charge in [-0.25, -0.2) is 0 Å². The first-order chi connectivity index (χ1) is 7.65. The molecule has 0 aliphatic heterocycles. The number of nitrogens with two attached hydrogens (primary N) is 1. The summed E-state index contributed by atoms with van der Waals surface area (Å²) >= 11 is 5.06. The quantitative estimate of drug-likeness (QED) is 0.537. The fourth-order valence-corrected chi connectivity index (χ4v) is 1.58. The van der Waals surface area contributed by atoms with Gasteiger partial charge in [0.1, 0.15) is 5.82 Å². The maximum atomic E-state index is 10.8. The zero-order valence-corrected chi connectivity index (χ0v) is 10.0. The molecule has 0 spiro atoms. The molecule has 0 aromatic carbocycles. The van der Waals surface area contributed by atoms with E-state index in [1.165, 1.54) is 0 Å². The predicted molar refractivity (Wildman–Crippen MR) is 61.4 cm³/mol. The third-order valence-corrected chi connectivity index (χ3v) is 2.36. The largest absolute Gasteiger partial charge is 0.382 e. The Labute approximate surface area is 98.8 Å². The summed E-state index contributed by atoms with van der Waals surface area (Å²) in [6.45, 7) is 3.99. The number of nitrogens with zero attached hydrogens (tertiary/aromatic N) is 2. The number of hydrogen-bond donors (Lipinski definition) is 2. The van der Waals surface area contributed by atoms with E-state index >= 15 is 0 Å². The molecule has 0 aliphatic rings. The minimum atomic E-state index is -0.417. The lowest BCUT2D eigenvalue weighted by atomic mass is 10.3. The molecule has 1 rings (SSSR count). The third-order valence-electron chi connectivity index (χ3n) is 2.04. The normalized spacial score (nSPS) is 10.6. The number of nitrogens with one attached hydrogen (secondary N) is 1. The lowest BCUT2D eigenvalue weighted by Gasteiger charge is -2.05. The standard InChI is InChI=1S/C9H16N4O2S/c1-2-15-5-3-4-13-8(6-7(10)14)11-12-9(13)16/h2-6H2,1H3,(H2,10,14)(H,12,16). The summed E-state index contributed by atoms with van der Waals surface area (Å²) < 4.78 is 7.51. The predicted octanol–water partition coefficient (Wildman–Crippen LogP) is 0.395. The van der Waals surface area contributed by atoms with E-state index in [9.17, 15) is 4.79 Å². The van der Waals surface area contributed by atoms with Gasteiger partial charge in [-0.15, -0.1) is 0 Å².